The fourth-order valence-corrected chi connectivity index (χ4v) is 9.74. The van der Waals surface area contributed by atoms with Crippen LogP contribution in [-0.4, -0.2) is 9.55 Å². The van der Waals surface area contributed by atoms with E-state index in [1.165, 1.54) is 31.4 Å². The van der Waals surface area contributed by atoms with Crippen LogP contribution in [0.2, 0.25) is 0 Å². The predicted octanol–water partition coefficient (Wildman–Crippen LogP) is 10.6. The first-order valence-electron chi connectivity index (χ1n) is 14.2. The minimum absolute atomic E-state index is 0.948. The number of imidazole rings is 1. The van der Waals surface area contributed by atoms with Gasteiger partial charge in [-0.05, 0) is 82.8 Å². The maximum atomic E-state index is 5.06. The van der Waals surface area contributed by atoms with Gasteiger partial charge in [-0.25, -0.2) is 4.98 Å². The van der Waals surface area contributed by atoms with Crippen molar-refractivity contribution in [3.05, 3.63) is 169 Å². The third-order valence-electron chi connectivity index (χ3n) is 8.11. The van der Waals surface area contributed by atoms with Crippen LogP contribution in [-0.2, 0) is 0 Å². The van der Waals surface area contributed by atoms with Gasteiger partial charge >= 0.3 is 0 Å². The van der Waals surface area contributed by atoms with E-state index in [1.807, 2.05) is 6.07 Å². The lowest BCUT2D eigenvalue weighted by Gasteiger charge is -2.36. The second kappa shape index (κ2) is 10.1. The van der Waals surface area contributed by atoms with Crippen LogP contribution in [0.25, 0.3) is 45.3 Å². The summed E-state index contributed by atoms with van der Waals surface area (Å²) in [7, 11) is -1.50. The fraction of sp³-hybridized carbons (Fsp3) is 0. The molecule has 2 nitrogen and oxygen atoms in total. The van der Waals surface area contributed by atoms with E-state index in [4.69, 9.17) is 4.98 Å². The van der Waals surface area contributed by atoms with Gasteiger partial charge in [0.15, 0.2) is 0 Å². The van der Waals surface area contributed by atoms with Gasteiger partial charge in [-0.3, -0.25) is 4.57 Å². The first-order chi connectivity index (χ1) is 20.8. The minimum atomic E-state index is -1.50. The number of rotatable bonds is 5. The van der Waals surface area contributed by atoms with Gasteiger partial charge in [0.05, 0.1) is 11.0 Å². The van der Waals surface area contributed by atoms with Gasteiger partial charge in [-0.15, -0.1) is 10.0 Å². The van der Waals surface area contributed by atoms with E-state index in [2.05, 4.69) is 168 Å². The molecule has 2 heterocycles. The molecule has 42 heavy (non-hydrogen) atoms. The number of benzene rings is 6. The van der Waals surface area contributed by atoms with E-state index in [-0.39, 0.29) is 0 Å². The molecule has 6 aromatic carbocycles. The Hall–Kier alpha value is -5.12. The highest BCUT2D eigenvalue weighted by molar-refractivity contribution is 8.36. The topological polar surface area (TPSA) is 17.8 Å². The molecular weight excluding hydrogens is 529 g/mol. The highest BCUT2D eigenvalue weighted by atomic mass is 32.3. The third kappa shape index (κ3) is 3.86. The van der Waals surface area contributed by atoms with Crippen LogP contribution in [0.4, 0.5) is 0 Å². The van der Waals surface area contributed by atoms with E-state index in [0.29, 0.717) is 0 Å². The van der Waals surface area contributed by atoms with Gasteiger partial charge in [-0.2, -0.15) is 0 Å². The fourth-order valence-electron chi connectivity index (χ4n) is 6.17. The van der Waals surface area contributed by atoms with Crippen molar-refractivity contribution in [1.29, 1.82) is 0 Å². The molecule has 200 valence electrons. The Labute approximate surface area is 247 Å². The Kier molecular flexibility index (Phi) is 5.90. The van der Waals surface area contributed by atoms with Crippen LogP contribution in [0.3, 0.4) is 0 Å². The van der Waals surface area contributed by atoms with Crippen LogP contribution in [0.1, 0.15) is 5.56 Å². The zero-order valence-electron chi connectivity index (χ0n) is 23.0. The van der Waals surface area contributed by atoms with Crippen molar-refractivity contribution in [1.82, 2.24) is 9.55 Å². The van der Waals surface area contributed by atoms with Crippen molar-refractivity contribution < 1.29 is 0 Å². The van der Waals surface area contributed by atoms with E-state index in [0.717, 1.165) is 28.1 Å². The average Bonchev–Trinajstić information content (AvgIpc) is 3.66. The van der Waals surface area contributed by atoms with Crippen molar-refractivity contribution in [3.63, 3.8) is 0 Å². The third-order valence-corrected chi connectivity index (χ3v) is 11.7. The molecule has 0 unspecified atom stereocenters. The normalized spacial score (nSPS) is 14.1. The molecule has 0 radical (unpaired) electrons. The Morgan fingerprint density at radius 1 is 0.500 bits per heavy atom. The zero-order valence-corrected chi connectivity index (χ0v) is 23.8. The lowest BCUT2D eigenvalue weighted by atomic mass is 9.98. The molecule has 1 aromatic heterocycles. The maximum Gasteiger partial charge on any atom is 0.145 e. The van der Waals surface area contributed by atoms with Gasteiger partial charge in [-0.1, -0.05) is 103 Å². The maximum absolute atomic E-state index is 5.06. The van der Waals surface area contributed by atoms with Gasteiger partial charge < -0.3 is 0 Å². The number of hydrogen-bond donors (Lipinski definition) is 0. The summed E-state index contributed by atoms with van der Waals surface area (Å²) in [5.74, 6) is 0.948. The Balaban J connectivity index is 1.25. The molecule has 0 atom stereocenters. The van der Waals surface area contributed by atoms with Crippen LogP contribution in [0.5, 0.6) is 0 Å². The highest BCUT2D eigenvalue weighted by Crippen LogP contribution is 2.73. The van der Waals surface area contributed by atoms with Crippen molar-refractivity contribution in [3.8, 4) is 28.2 Å². The first kappa shape index (κ1) is 24.7. The molecule has 0 N–H and O–H groups in total. The van der Waals surface area contributed by atoms with E-state index in [9.17, 15) is 0 Å². The van der Waals surface area contributed by atoms with Crippen molar-refractivity contribution >= 4 is 27.1 Å². The summed E-state index contributed by atoms with van der Waals surface area (Å²) < 4.78 is 2.25. The standard InChI is InChI=1S/C39H28N2S/c1-4-13-31(14-5-1)41-37-21-11-10-20-36(37)40-39(41)30-25-23-29(24-26-30)34-19-12-22-38-35(34)27-28-42(38,32-15-6-2-7-16-32)33-17-8-3-9-18-33/h1-28H. The molecule has 0 spiro atoms. The number of aromatic nitrogens is 2. The summed E-state index contributed by atoms with van der Waals surface area (Å²) in [5, 5.41) is 2.46. The summed E-state index contributed by atoms with van der Waals surface area (Å²) in [6.45, 7) is 0. The Morgan fingerprint density at radius 3 is 1.79 bits per heavy atom. The average molecular weight is 557 g/mol. The smallest absolute Gasteiger partial charge is 0.145 e. The van der Waals surface area contributed by atoms with E-state index < -0.39 is 10.0 Å². The molecule has 1 aliphatic heterocycles. The van der Waals surface area contributed by atoms with Crippen LogP contribution < -0.4 is 0 Å². The SMILES string of the molecule is C1=CS(c2ccccc2)(c2ccccc2)c2cccc(-c3ccc(-c4nc5ccccc5n4-c4ccccc4)cc3)c21. The molecule has 0 bridgehead atoms. The van der Waals surface area contributed by atoms with Gasteiger partial charge in [0.1, 0.15) is 5.82 Å². The van der Waals surface area contributed by atoms with Crippen molar-refractivity contribution in [2.45, 2.75) is 14.7 Å². The molecule has 0 fully saturated rings. The summed E-state index contributed by atoms with van der Waals surface area (Å²) in [6, 6.07) is 56.5. The molecule has 1 aliphatic rings. The van der Waals surface area contributed by atoms with Gasteiger partial charge in [0.25, 0.3) is 0 Å². The van der Waals surface area contributed by atoms with Crippen LogP contribution in [0, 0.1) is 0 Å². The Bertz CT molecular complexity index is 2020. The second-order valence-corrected chi connectivity index (χ2v) is 13.5. The molecule has 3 heteroatoms. The number of fused-ring (bicyclic) bond motifs is 2. The van der Waals surface area contributed by atoms with Crippen LogP contribution >= 0.6 is 10.0 Å². The minimum Gasteiger partial charge on any atom is -0.292 e. The monoisotopic (exact) mass is 556 g/mol. The molecule has 7 aromatic rings. The van der Waals surface area contributed by atoms with E-state index in [1.54, 1.807) is 0 Å². The van der Waals surface area contributed by atoms with Gasteiger partial charge in [0.2, 0.25) is 0 Å². The van der Waals surface area contributed by atoms with E-state index >= 15 is 0 Å². The lowest BCUT2D eigenvalue weighted by molar-refractivity contribution is 1.10. The van der Waals surface area contributed by atoms with Gasteiger partial charge in [0, 0.05) is 25.9 Å². The molecule has 0 aliphatic carbocycles. The Morgan fingerprint density at radius 2 is 1.10 bits per heavy atom. The molecule has 0 saturated carbocycles. The summed E-state index contributed by atoms with van der Waals surface area (Å²) in [4.78, 5) is 9.18. The lowest BCUT2D eigenvalue weighted by Crippen LogP contribution is -1.99. The molecule has 8 rings (SSSR count). The summed E-state index contributed by atoms with van der Waals surface area (Å²) >= 11 is 0. The summed E-state index contributed by atoms with van der Waals surface area (Å²) in [5.41, 5.74) is 8.08. The summed E-state index contributed by atoms with van der Waals surface area (Å²) in [6.07, 6.45) is 2.35. The van der Waals surface area contributed by atoms with Crippen molar-refractivity contribution in [2.24, 2.45) is 0 Å². The van der Waals surface area contributed by atoms with Crippen LogP contribution in [0.15, 0.2) is 178 Å². The number of hydrogen-bond acceptors (Lipinski definition) is 1. The highest BCUT2D eigenvalue weighted by Gasteiger charge is 2.34. The predicted molar refractivity (Wildman–Crippen MR) is 176 cm³/mol. The molecular formula is C39H28N2S. The quantitative estimate of drug-likeness (QED) is 0.206. The van der Waals surface area contributed by atoms with Crippen molar-refractivity contribution in [2.75, 3.05) is 0 Å². The molecule has 0 amide bonds. The number of nitrogens with zero attached hydrogens (tertiary/aromatic N) is 2. The molecule has 0 saturated heterocycles. The zero-order chi connectivity index (χ0) is 27.9. The number of para-hydroxylation sites is 3. The second-order valence-electron chi connectivity index (χ2n) is 10.5. The largest absolute Gasteiger partial charge is 0.292 e. The first-order valence-corrected chi connectivity index (χ1v) is 15.9.